The molecular formula is C14H12Br2ClNO. The molecule has 0 amide bonds. The Labute approximate surface area is 134 Å². The SMILES string of the molecule is NCCc1ccc(Oc2ccc(Br)cc2Br)c(Cl)c1. The molecule has 2 rings (SSSR count). The Morgan fingerprint density at radius 3 is 2.42 bits per heavy atom. The van der Waals surface area contributed by atoms with Gasteiger partial charge >= 0.3 is 0 Å². The average Bonchev–Trinajstić information content (AvgIpc) is 2.36. The van der Waals surface area contributed by atoms with Gasteiger partial charge in [0.15, 0.2) is 0 Å². The predicted octanol–water partition coefficient (Wildman–Crippen LogP) is 5.16. The summed E-state index contributed by atoms with van der Waals surface area (Å²) in [6.45, 7) is 0.606. The van der Waals surface area contributed by atoms with Crippen LogP contribution in [-0.2, 0) is 6.42 Å². The molecule has 0 atom stereocenters. The van der Waals surface area contributed by atoms with E-state index >= 15 is 0 Å². The first kappa shape index (κ1) is 14.9. The Morgan fingerprint density at radius 1 is 1.05 bits per heavy atom. The zero-order valence-electron chi connectivity index (χ0n) is 10.00. The third-order valence-electron chi connectivity index (χ3n) is 2.54. The van der Waals surface area contributed by atoms with Crippen molar-refractivity contribution in [1.82, 2.24) is 0 Å². The third-order valence-corrected chi connectivity index (χ3v) is 3.95. The quantitative estimate of drug-likeness (QED) is 0.763. The van der Waals surface area contributed by atoms with Crippen LogP contribution in [0.15, 0.2) is 45.3 Å². The zero-order chi connectivity index (χ0) is 13.8. The van der Waals surface area contributed by atoms with Gasteiger partial charge in [-0.05, 0) is 64.8 Å². The van der Waals surface area contributed by atoms with Crippen LogP contribution in [0.4, 0.5) is 0 Å². The highest BCUT2D eigenvalue weighted by Crippen LogP contribution is 2.35. The highest BCUT2D eigenvalue weighted by atomic mass is 79.9. The Bertz CT molecular complexity index is 590. The van der Waals surface area contributed by atoms with Crippen LogP contribution in [0.5, 0.6) is 11.5 Å². The molecule has 0 saturated carbocycles. The van der Waals surface area contributed by atoms with Crippen LogP contribution in [-0.4, -0.2) is 6.54 Å². The minimum absolute atomic E-state index is 0.584. The van der Waals surface area contributed by atoms with E-state index in [1.807, 2.05) is 36.4 Å². The van der Waals surface area contributed by atoms with Crippen LogP contribution in [0.1, 0.15) is 5.56 Å². The maximum Gasteiger partial charge on any atom is 0.146 e. The lowest BCUT2D eigenvalue weighted by Crippen LogP contribution is -2.02. The zero-order valence-corrected chi connectivity index (χ0v) is 13.9. The Morgan fingerprint density at radius 2 is 1.79 bits per heavy atom. The van der Waals surface area contributed by atoms with Crippen LogP contribution < -0.4 is 10.5 Å². The molecule has 19 heavy (non-hydrogen) atoms. The second-order valence-corrected chi connectivity index (χ2v) is 6.16. The van der Waals surface area contributed by atoms with Crippen molar-refractivity contribution in [1.29, 1.82) is 0 Å². The van der Waals surface area contributed by atoms with Crippen molar-refractivity contribution in [2.75, 3.05) is 6.54 Å². The molecule has 0 spiro atoms. The van der Waals surface area contributed by atoms with E-state index in [-0.39, 0.29) is 0 Å². The first-order valence-corrected chi connectivity index (χ1v) is 7.68. The van der Waals surface area contributed by atoms with Crippen LogP contribution in [0.2, 0.25) is 5.02 Å². The summed E-state index contributed by atoms with van der Waals surface area (Å²) in [7, 11) is 0. The molecule has 0 heterocycles. The molecule has 5 heteroatoms. The molecule has 0 bridgehead atoms. The average molecular weight is 406 g/mol. The maximum atomic E-state index is 6.21. The first-order chi connectivity index (χ1) is 9.10. The van der Waals surface area contributed by atoms with Crippen molar-refractivity contribution >= 4 is 43.5 Å². The van der Waals surface area contributed by atoms with E-state index in [1.54, 1.807) is 0 Å². The fourth-order valence-corrected chi connectivity index (χ4v) is 3.00. The van der Waals surface area contributed by atoms with Crippen LogP contribution in [0.25, 0.3) is 0 Å². The van der Waals surface area contributed by atoms with Gasteiger partial charge in [0.1, 0.15) is 11.5 Å². The van der Waals surface area contributed by atoms with Crippen molar-refractivity contribution in [2.45, 2.75) is 6.42 Å². The molecule has 0 aliphatic heterocycles. The Kier molecular flexibility index (Phi) is 5.28. The summed E-state index contributed by atoms with van der Waals surface area (Å²) >= 11 is 13.1. The van der Waals surface area contributed by atoms with Gasteiger partial charge in [-0.15, -0.1) is 0 Å². The summed E-state index contributed by atoms with van der Waals surface area (Å²) in [6.07, 6.45) is 0.808. The van der Waals surface area contributed by atoms with Crippen LogP contribution in [0, 0.1) is 0 Å². The van der Waals surface area contributed by atoms with Crippen molar-refractivity contribution in [3.63, 3.8) is 0 Å². The summed E-state index contributed by atoms with van der Waals surface area (Å²) in [5.74, 6) is 1.35. The van der Waals surface area contributed by atoms with Crippen molar-refractivity contribution in [2.24, 2.45) is 5.73 Å². The van der Waals surface area contributed by atoms with E-state index in [2.05, 4.69) is 31.9 Å². The number of nitrogens with two attached hydrogens (primary N) is 1. The molecular weight excluding hydrogens is 393 g/mol. The monoisotopic (exact) mass is 403 g/mol. The molecule has 2 aromatic carbocycles. The Balaban J connectivity index is 2.23. The summed E-state index contributed by atoms with van der Waals surface area (Å²) in [4.78, 5) is 0. The summed E-state index contributed by atoms with van der Waals surface area (Å²) < 4.78 is 7.64. The van der Waals surface area contributed by atoms with Gasteiger partial charge in [-0.1, -0.05) is 33.6 Å². The minimum Gasteiger partial charge on any atom is -0.455 e. The van der Waals surface area contributed by atoms with Gasteiger partial charge in [-0.25, -0.2) is 0 Å². The number of ether oxygens (including phenoxy) is 1. The summed E-state index contributed by atoms with van der Waals surface area (Å²) in [5, 5.41) is 0.584. The van der Waals surface area contributed by atoms with Crippen LogP contribution >= 0.6 is 43.5 Å². The molecule has 0 aliphatic rings. The number of hydrogen-bond donors (Lipinski definition) is 1. The fraction of sp³-hybridized carbons (Fsp3) is 0.143. The van der Waals surface area contributed by atoms with Gasteiger partial charge in [0.25, 0.3) is 0 Å². The van der Waals surface area contributed by atoms with Gasteiger partial charge in [0, 0.05) is 4.47 Å². The number of halogens is 3. The van der Waals surface area contributed by atoms with E-state index in [0.717, 1.165) is 26.7 Å². The molecule has 2 aromatic rings. The molecule has 0 aromatic heterocycles. The second kappa shape index (κ2) is 6.75. The van der Waals surface area contributed by atoms with Crippen molar-refractivity contribution in [3.05, 3.63) is 55.9 Å². The fourth-order valence-electron chi connectivity index (χ4n) is 1.63. The maximum absolute atomic E-state index is 6.21. The minimum atomic E-state index is 0.584. The molecule has 0 unspecified atom stereocenters. The molecule has 0 aliphatic carbocycles. The summed E-state index contributed by atoms with van der Waals surface area (Å²) in [6, 6.07) is 11.4. The standard InChI is InChI=1S/C14H12Br2ClNO/c15-10-2-4-13(11(16)8-10)19-14-3-1-9(5-6-18)7-12(14)17/h1-4,7-8H,5-6,18H2. The molecule has 100 valence electrons. The highest BCUT2D eigenvalue weighted by molar-refractivity contribution is 9.11. The Hall–Kier alpha value is -0.550. The van der Waals surface area contributed by atoms with E-state index < -0.39 is 0 Å². The van der Waals surface area contributed by atoms with E-state index in [9.17, 15) is 0 Å². The third kappa shape index (κ3) is 3.96. The van der Waals surface area contributed by atoms with E-state index in [0.29, 0.717) is 17.3 Å². The van der Waals surface area contributed by atoms with E-state index in [4.69, 9.17) is 22.1 Å². The topological polar surface area (TPSA) is 35.2 Å². The van der Waals surface area contributed by atoms with Gasteiger partial charge in [0.2, 0.25) is 0 Å². The largest absolute Gasteiger partial charge is 0.455 e. The smallest absolute Gasteiger partial charge is 0.146 e. The summed E-state index contributed by atoms with van der Waals surface area (Å²) in [5.41, 5.74) is 6.63. The van der Waals surface area contributed by atoms with Gasteiger partial charge in [0.05, 0.1) is 9.50 Å². The number of rotatable bonds is 4. The highest BCUT2D eigenvalue weighted by Gasteiger charge is 2.07. The second-order valence-electron chi connectivity index (χ2n) is 3.98. The first-order valence-electron chi connectivity index (χ1n) is 5.71. The normalized spacial score (nSPS) is 10.5. The van der Waals surface area contributed by atoms with Gasteiger partial charge in [-0.3, -0.25) is 0 Å². The van der Waals surface area contributed by atoms with Crippen molar-refractivity contribution in [3.8, 4) is 11.5 Å². The molecule has 0 radical (unpaired) electrons. The molecule has 2 N–H and O–H groups in total. The number of hydrogen-bond acceptors (Lipinski definition) is 2. The van der Waals surface area contributed by atoms with Crippen molar-refractivity contribution < 1.29 is 4.74 Å². The molecule has 0 fully saturated rings. The predicted molar refractivity (Wildman–Crippen MR) is 86.1 cm³/mol. The van der Waals surface area contributed by atoms with E-state index in [1.165, 1.54) is 0 Å². The molecule has 0 saturated heterocycles. The lowest BCUT2D eigenvalue weighted by Gasteiger charge is -2.10. The number of benzene rings is 2. The van der Waals surface area contributed by atoms with Gasteiger partial charge in [-0.2, -0.15) is 0 Å². The lowest BCUT2D eigenvalue weighted by molar-refractivity contribution is 0.479. The molecule has 2 nitrogen and oxygen atoms in total. The lowest BCUT2D eigenvalue weighted by atomic mass is 10.1. The van der Waals surface area contributed by atoms with Crippen LogP contribution in [0.3, 0.4) is 0 Å². The van der Waals surface area contributed by atoms with Gasteiger partial charge < -0.3 is 10.5 Å².